The lowest BCUT2D eigenvalue weighted by Gasteiger charge is -2.32. The molecule has 0 amide bonds. The molecule has 0 saturated heterocycles. The molecule has 0 aliphatic heterocycles. The molecular weight excluding hydrogens is 302 g/mol. The zero-order valence-electron chi connectivity index (χ0n) is 11.9. The van der Waals surface area contributed by atoms with E-state index < -0.39 is 14.1 Å². The first-order chi connectivity index (χ1) is 8.89. The van der Waals surface area contributed by atoms with E-state index in [0.717, 1.165) is 18.1 Å². The lowest BCUT2D eigenvalue weighted by Crippen LogP contribution is -2.36. The van der Waals surface area contributed by atoms with Gasteiger partial charge >= 0.3 is 0 Å². The summed E-state index contributed by atoms with van der Waals surface area (Å²) >= 11 is 12.2. The summed E-state index contributed by atoms with van der Waals surface area (Å²) in [5, 5.41) is 0.674. The Bertz CT molecular complexity index is 404. The van der Waals surface area contributed by atoms with E-state index >= 15 is 0 Å². The molecule has 108 valence electrons. The van der Waals surface area contributed by atoms with Crippen molar-refractivity contribution in [3.8, 4) is 0 Å². The van der Waals surface area contributed by atoms with Crippen LogP contribution in [0.4, 0.5) is 4.39 Å². The van der Waals surface area contributed by atoms with Crippen LogP contribution in [-0.2, 0) is 4.43 Å². The Morgan fingerprint density at radius 1 is 1.11 bits per heavy atom. The Kier molecular flexibility index (Phi) is 6.31. The molecule has 0 radical (unpaired) electrons. The highest BCUT2D eigenvalue weighted by atomic mass is 35.5. The molecule has 0 spiro atoms. The SMILES string of the molecule is CC[Si](CC)(CC)OC(C)c1c(Cl)cc(F)cc1Cl. The van der Waals surface area contributed by atoms with Crippen LogP contribution >= 0.6 is 23.2 Å². The van der Waals surface area contributed by atoms with Crippen molar-refractivity contribution < 1.29 is 8.82 Å². The third-order valence-corrected chi connectivity index (χ3v) is 9.16. The summed E-state index contributed by atoms with van der Waals surface area (Å²) in [5.74, 6) is -0.420. The maximum absolute atomic E-state index is 13.2. The Balaban J connectivity index is 3.04. The fraction of sp³-hybridized carbons (Fsp3) is 0.571. The summed E-state index contributed by atoms with van der Waals surface area (Å²) < 4.78 is 19.5. The second-order valence-electron chi connectivity index (χ2n) is 4.79. The maximum Gasteiger partial charge on any atom is 0.192 e. The molecule has 0 bridgehead atoms. The van der Waals surface area contributed by atoms with Crippen molar-refractivity contribution in [3.63, 3.8) is 0 Å². The number of hydrogen-bond donors (Lipinski definition) is 0. The van der Waals surface area contributed by atoms with Crippen LogP contribution in [0.25, 0.3) is 0 Å². The summed E-state index contributed by atoms with van der Waals surface area (Å²) in [5.41, 5.74) is 0.692. The molecule has 5 heteroatoms. The van der Waals surface area contributed by atoms with E-state index in [-0.39, 0.29) is 6.10 Å². The van der Waals surface area contributed by atoms with Gasteiger partial charge in [0.15, 0.2) is 8.32 Å². The molecule has 1 aromatic carbocycles. The zero-order chi connectivity index (χ0) is 14.6. The summed E-state index contributed by atoms with van der Waals surface area (Å²) in [6, 6.07) is 5.74. The molecule has 0 aromatic heterocycles. The molecule has 19 heavy (non-hydrogen) atoms. The molecule has 0 saturated carbocycles. The van der Waals surface area contributed by atoms with Crippen LogP contribution in [0.5, 0.6) is 0 Å². The summed E-state index contributed by atoms with van der Waals surface area (Å²) in [6.07, 6.45) is -0.202. The summed E-state index contributed by atoms with van der Waals surface area (Å²) in [7, 11) is -1.73. The second-order valence-corrected chi connectivity index (χ2v) is 10.3. The zero-order valence-corrected chi connectivity index (χ0v) is 14.4. The Hall–Kier alpha value is -0.0931. The van der Waals surface area contributed by atoms with Crippen molar-refractivity contribution in [1.29, 1.82) is 0 Å². The highest BCUT2D eigenvalue weighted by Crippen LogP contribution is 2.37. The van der Waals surface area contributed by atoms with Crippen molar-refractivity contribution in [3.05, 3.63) is 33.6 Å². The van der Waals surface area contributed by atoms with Crippen LogP contribution in [0.1, 0.15) is 39.4 Å². The fourth-order valence-corrected chi connectivity index (χ4v) is 6.01. The number of hydrogen-bond acceptors (Lipinski definition) is 1. The standard InChI is InChI=1S/C14H21Cl2FOSi/c1-5-19(6-2,7-3)18-10(4)14-12(15)8-11(17)9-13(14)16/h8-10H,5-7H2,1-4H3. The highest BCUT2D eigenvalue weighted by Gasteiger charge is 2.32. The van der Waals surface area contributed by atoms with Gasteiger partial charge in [0.2, 0.25) is 0 Å². The Morgan fingerprint density at radius 3 is 1.89 bits per heavy atom. The van der Waals surface area contributed by atoms with Crippen LogP contribution in [0.2, 0.25) is 28.2 Å². The average molecular weight is 323 g/mol. The minimum absolute atomic E-state index is 0.202. The molecule has 1 aromatic rings. The van der Waals surface area contributed by atoms with E-state index in [0.29, 0.717) is 15.6 Å². The molecule has 0 fully saturated rings. The van der Waals surface area contributed by atoms with Crippen molar-refractivity contribution in [1.82, 2.24) is 0 Å². The van der Waals surface area contributed by atoms with Gasteiger partial charge in [-0.15, -0.1) is 0 Å². The van der Waals surface area contributed by atoms with Gasteiger partial charge in [0.25, 0.3) is 0 Å². The predicted molar refractivity (Wildman–Crippen MR) is 83.1 cm³/mol. The van der Waals surface area contributed by atoms with Crippen molar-refractivity contribution in [2.45, 2.75) is 51.9 Å². The van der Waals surface area contributed by atoms with Crippen molar-refractivity contribution in [2.75, 3.05) is 0 Å². The smallest absolute Gasteiger partial charge is 0.192 e. The van der Waals surface area contributed by atoms with Crippen LogP contribution in [0.3, 0.4) is 0 Å². The van der Waals surface area contributed by atoms with Gasteiger partial charge in [-0.3, -0.25) is 0 Å². The molecule has 0 heterocycles. The average Bonchev–Trinajstić information content (AvgIpc) is 2.35. The summed E-state index contributed by atoms with van der Waals surface area (Å²) in [6.45, 7) is 8.44. The topological polar surface area (TPSA) is 9.23 Å². The van der Waals surface area contributed by atoms with Crippen molar-refractivity contribution >= 4 is 31.5 Å². The molecule has 1 unspecified atom stereocenters. The van der Waals surface area contributed by atoms with Gasteiger partial charge in [0, 0.05) is 5.56 Å². The Morgan fingerprint density at radius 2 is 1.53 bits per heavy atom. The van der Waals surface area contributed by atoms with Gasteiger partial charge in [-0.2, -0.15) is 0 Å². The van der Waals surface area contributed by atoms with Gasteiger partial charge in [0.05, 0.1) is 16.1 Å². The molecule has 1 rings (SSSR count). The van der Waals surface area contributed by atoms with Crippen LogP contribution in [-0.4, -0.2) is 8.32 Å². The Labute approximate surface area is 126 Å². The molecule has 1 atom stereocenters. The van der Waals surface area contributed by atoms with Gasteiger partial charge in [-0.1, -0.05) is 44.0 Å². The van der Waals surface area contributed by atoms with Crippen LogP contribution in [0.15, 0.2) is 12.1 Å². The van der Waals surface area contributed by atoms with E-state index in [1.807, 2.05) is 6.92 Å². The van der Waals surface area contributed by atoms with E-state index in [1.54, 1.807) is 0 Å². The predicted octanol–water partition coefficient (Wildman–Crippen LogP) is 6.22. The van der Waals surface area contributed by atoms with Gasteiger partial charge < -0.3 is 4.43 Å². The minimum Gasteiger partial charge on any atom is -0.410 e. The van der Waals surface area contributed by atoms with E-state index in [1.165, 1.54) is 12.1 Å². The maximum atomic E-state index is 13.2. The van der Waals surface area contributed by atoms with E-state index in [9.17, 15) is 4.39 Å². The number of halogens is 3. The van der Waals surface area contributed by atoms with Gasteiger partial charge in [-0.05, 0) is 37.2 Å². The van der Waals surface area contributed by atoms with E-state index in [4.69, 9.17) is 27.6 Å². The minimum atomic E-state index is -1.73. The third kappa shape index (κ3) is 3.94. The van der Waals surface area contributed by atoms with Crippen molar-refractivity contribution in [2.24, 2.45) is 0 Å². The van der Waals surface area contributed by atoms with Crippen LogP contribution < -0.4 is 0 Å². The second kappa shape index (κ2) is 7.07. The lowest BCUT2D eigenvalue weighted by atomic mass is 10.1. The quantitative estimate of drug-likeness (QED) is 0.565. The summed E-state index contributed by atoms with van der Waals surface area (Å²) in [4.78, 5) is 0. The first-order valence-electron chi connectivity index (χ1n) is 6.71. The fourth-order valence-electron chi connectivity index (χ4n) is 2.38. The number of rotatable bonds is 6. The highest BCUT2D eigenvalue weighted by molar-refractivity contribution is 6.73. The monoisotopic (exact) mass is 322 g/mol. The molecule has 0 aliphatic carbocycles. The van der Waals surface area contributed by atoms with E-state index in [2.05, 4.69) is 20.8 Å². The normalized spacial score (nSPS) is 13.6. The molecular formula is C14H21Cl2FOSi. The molecule has 1 nitrogen and oxygen atoms in total. The van der Waals surface area contributed by atoms with Crippen LogP contribution in [0, 0.1) is 5.82 Å². The molecule has 0 N–H and O–H groups in total. The third-order valence-electron chi connectivity index (χ3n) is 3.81. The molecule has 0 aliphatic rings. The van der Waals surface area contributed by atoms with Gasteiger partial charge in [0.1, 0.15) is 5.82 Å². The largest absolute Gasteiger partial charge is 0.410 e. The first-order valence-corrected chi connectivity index (χ1v) is 9.99. The van der Waals surface area contributed by atoms with Gasteiger partial charge in [-0.25, -0.2) is 4.39 Å². The number of benzene rings is 1. The lowest BCUT2D eigenvalue weighted by molar-refractivity contribution is 0.210. The first kappa shape index (κ1) is 17.0.